The molecule has 18 heavy (non-hydrogen) atoms. The Balaban J connectivity index is 2.18. The summed E-state index contributed by atoms with van der Waals surface area (Å²) < 4.78 is 0. The lowest BCUT2D eigenvalue weighted by molar-refractivity contribution is -0.126. The second-order valence-corrected chi connectivity index (χ2v) is 5.01. The Morgan fingerprint density at radius 1 is 1.28 bits per heavy atom. The van der Waals surface area contributed by atoms with E-state index in [1.165, 1.54) is 12.8 Å². The Bertz CT molecular complexity index is 281. The Morgan fingerprint density at radius 3 is 2.72 bits per heavy atom. The minimum absolute atomic E-state index is 0.0482. The minimum Gasteiger partial charge on any atom is -0.355 e. The largest absolute Gasteiger partial charge is 0.355 e. The fourth-order valence-electron chi connectivity index (χ4n) is 2.16. The molecule has 0 aliphatic carbocycles. The van der Waals surface area contributed by atoms with Crippen molar-refractivity contribution in [1.82, 2.24) is 16.0 Å². The van der Waals surface area contributed by atoms with Gasteiger partial charge < -0.3 is 16.0 Å². The predicted octanol–water partition coefficient (Wildman–Crippen LogP) is 0.407. The maximum absolute atomic E-state index is 11.7. The van der Waals surface area contributed by atoms with Gasteiger partial charge in [0.15, 0.2) is 0 Å². The highest BCUT2D eigenvalue weighted by Crippen LogP contribution is 2.17. The van der Waals surface area contributed by atoms with Gasteiger partial charge in [-0.25, -0.2) is 0 Å². The van der Waals surface area contributed by atoms with E-state index in [0.29, 0.717) is 18.9 Å². The van der Waals surface area contributed by atoms with Gasteiger partial charge in [-0.2, -0.15) is 0 Å². The molecule has 1 saturated heterocycles. The Kier molecular flexibility index (Phi) is 6.72. The molecule has 0 saturated carbocycles. The quantitative estimate of drug-likeness (QED) is 0.644. The van der Waals surface area contributed by atoms with Gasteiger partial charge in [0.25, 0.3) is 0 Å². The number of carbonyl (C=O) groups is 2. The minimum atomic E-state index is -0.116. The van der Waals surface area contributed by atoms with E-state index in [1.54, 1.807) is 0 Å². The highest BCUT2D eigenvalue weighted by Gasteiger charge is 2.23. The fourth-order valence-corrected chi connectivity index (χ4v) is 2.16. The van der Waals surface area contributed by atoms with Crippen LogP contribution in [0.4, 0.5) is 0 Å². The van der Waals surface area contributed by atoms with Gasteiger partial charge in [-0.15, -0.1) is 0 Å². The first-order valence-corrected chi connectivity index (χ1v) is 6.90. The number of hydrogen-bond acceptors (Lipinski definition) is 3. The van der Waals surface area contributed by atoms with Crippen LogP contribution in [0.3, 0.4) is 0 Å². The number of carbonyl (C=O) groups excluding carboxylic acids is 2. The van der Waals surface area contributed by atoms with Crippen molar-refractivity contribution in [2.45, 2.75) is 45.6 Å². The zero-order chi connectivity index (χ0) is 13.4. The number of amides is 2. The first kappa shape index (κ1) is 15.0. The van der Waals surface area contributed by atoms with Gasteiger partial charge in [0.05, 0.1) is 6.54 Å². The van der Waals surface area contributed by atoms with Gasteiger partial charge in [0.1, 0.15) is 0 Å². The van der Waals surface area contributed by atoms with E-state index < -0.39 is 0 Å². The summed E-state index contributed by atoms with van der Waals surface area (Å²) in [5.74, 6) is 0.362. The molecule has 1 fully saturated rings. The van der Waals surface area contributed by atoms with Crippen LogP contribution in [0.15, 0.2) is 0 Å². The SMILES string of the molecule is CCCNC(=O)CNC(=O)CC1NCCCC1C. The lowest BCUT2D eigenvalue weighted by Gasteiger charge is -2.29. The normalized spacial score (nSPS) is 23.4. The molecule has 1 heterocycles. The highest BCUT2D eigenvalue weighted by molar-refractivity contribution is 5.84. The number of nitrogens with one attached hydrogen (secondary N) is 3. The van der Waals surface area contributed by atoms with Crippen LogP contribution in [0.2, 0.25) is 0 Å². The maximum Gasteiger partial charge on any atom is 0.239 e. The van der Waals surface area contributed by atoms with Gasteiger partial charge >= 0.3 is 0 Å². The van der Waals surface area contributed by atoms with Crippen molar-refractivity contribution in [3.8, 4) is 0 Å². The van der Waals surface area contributed by atoms with Gasteiger partial charge in [0, 0.05) is 19.0 Å². The molecule has 2 amide bonds. The van der Waals surface area contributed by atoms with Gasteiger partial charge in [-0.3, -0.25) is 9.59 Å². The van der Waals surface area contributed by atoms with Crippen LogP contribution in [0.5, 0.6) is 0 Å². The summed E-state index contributed by atoms with van der Waals surface area (Å²) in [6, 6.07) is 0.248. The molecule has 2 unspecified atom stereocenters. The lowest BCUT2D eigenvalue weighted by Crippen LogP contribution is -2.45. The number of rotatable bonds is 6. The molecule has 104 valence electrons. The maximum atomic E-state index is 11.7. The van der Waals surface area contributed by atoms with E-state index in [4.69, 9.17) is 0 Å². The first-order valence-electron chi connectivity index (χ1n) is 6.90. The van der Waals surface area contributed by atoms with Crippen molar-refractivity contribution in [3.05, 3.63) is 0 Å². The molecule has 3 N–H and O–H groups in total. The Morgan fingerprint density at radius 2 is 2.06 bits per heavy atom. The second-order valence-electron chi connectivity index (χ2n) is 5.01. The summed E-state index contributed by atoms with van der Waals surface area (Å²) in [5, 5.41) is 8.76. The van der Waals surface area contributed by atoms with Gasteiger partial charge in [-0.1, -0.05) is 13.8 Å². The van der Waals surface area contributed by atoms with Gasteiger partial charge in [0.2, 0.25) is 11.8 Å². The fraction of sp³-hybridized carbons (Fsp3) is 0.846. The molecule has 0 aromatic rings. The molecular weight excluding hydrogens is 230 g/mol. The third-order valence-electron chi connectivity index (χ3n) is 3.35. The Labute approximate surface area is 109 Å². The third-order valence-corrected chi connectivity index (χ3v) is 3.35. The summed E-state index contributed by atoms with van der Waals surface area (Å²) in [5.41, 5.74) is 0. The molecule has 5 nitrogen and oxygen atoms in total. The predicted molar refractivity (Wildman–Crippen MR) is 71.1 cm³/mol. The summed E-state index contributed by atoms with van der Waals surface area (Å²) in [4.78, 5) is 23.0. The topological polar surface area (TPSA) is 70.2 Å². The molecule has 0 aromatic heterocycles. The monoisotopic (exact) mass is 255 g/mol. The molecule has 1 rings (SSSR count). The smallest absolute Gasteiger partial charge is 0.239 e. The molecule has 5 heteroatoms. The summed E-state index contributed by atoms with van der Waals surface area (Å²) in [7, 11) is 0. The van der Waals surface area contributed by atoms with Crippen molar-refractivity contribution < 1.29 is 9.59 Å². The number of hydrogen-bond donors (Lipinski definition) is 3. The standard InChI is InChI=1S/C13H25N3O2/c1-3-6-15-13(18)9-16-12(17)8-11-10(2)5-4-7-14-11/h10-11,14H,3-9H2,1-2H3,(H,15,18)(H,16,17). The summed E-state index contributed by atoms with van der Waals surface area (Å²) in [6.07, 6.45) is 3.71. The average molecular weight is 255 g/mol. The van der Waals surface area contributed by atoms with E-state index in [1.807, 2.05) is 6.92 Å². The number of piperidine rings is 1. The van der Waals surface area contributed by atoms with Crippen LogP contribution in [0.1, 0.15) is 39.5 Å². The third kappa shape index (κ3) is 5.49. The van der Waals surface area contributed by atoms with Crippen LogP contribution >= 0.6 is 0 Å². The van der Waals surface area contributed by atoms with Crippen LogP contribution < -0.4 is 16.0 Å². The first-order chi connectivity index (χ1) is 8.63. The second kappa shape index (κ2) is 8.08. The van der Waals surface area contributed by atoms with E-state index in [9.17, 15) is 9.59 Å². The van der Waals surface area contributed by atoms with Gasteiger partial charge in [-0.05, 0) is 31.7 Å². The molecule has 0 aromatic carbocycles. The van der Waals surface area contributed by atoms with Crippen molar-refractivity contribution in [2.75, 3.05) is 19.6 Å². The van der Waals surface area contributed by atoms with E-state index in [2.05, 4.69) is 22.9 Å². The van der Waals surface area contributed by atoms with Crippen LogP contribution in [-0.2, 0) is 9.59 Å². The molecular formula is C13H25N3O2. The Hall–Kier alpha value is -1.10. The van der Waals surface area contributed by atoms with E-state index >= 15 is 0 Å². The van der Waals surface area contributed by atoms with E-state index in [-0.39, 0.29) is 24.4 Å². The molecule has 2 atom stereocenters. The van der Waals surface area contributed by atoms with Crippen molar-refractivity contribution >= 4 is 11.8 Å². The van der Waals surface area contributed by atoms with Crippen LogP contribution in [0.25, 0.3) is 0 Å². The van der Waals surface area contributed by atoms with E-state index in [0.717, 1.165) is 13.0 Å². The molecule has 0 radical (unpaired) electrons. The summed E-state index contributed by atoms with van der Waals surface area (Å²) >= 11 is 0. The molecule has 0 spiro atoms. The summed E-state index contributed by atoms with van der Waals surface area (Å²) in [6.45, 7) is 5.89. The highest BCUT2D eigenvalue weighted by atomic mass is 16.2. The molecule has 1 aliphatic rings. The van der Waals surface area contributed by atoms with Crippen LogP contribution in [0, 0.1) is 5.92 Å². The zero-order valence-corrected chi connectivity index (χ0v) is 11.4. The van der Waals surface area contributed by atoms with Crippen LogP contribution in [-0.4, -0.2) is 37.5 Å². The zero-order valence-electron chi connectivity index (χ0n) is 11.4. The van der Waals surface area contributed by atoms with Crippen molar-refractivity contribution in [2.24, 2.45) is 5.92 Å². The van der Waals surface area contributed by atoms with Crippen molar-refractivity contribution in [3.63, 3.8) is 0 Å². The molecule has 0 bridgehead atoms. The average Bonchev–Trinajstić information content (AvgIpc) is 2.36. The lowest BCUT2D eigenvalue weighted by atomic mass is 9.90. The molecule has 1 aliphatic heterocycles. The van der Waals surface area contributed by atoms with Crippen molar-refractivity contribution in [1.29, 1.82) is 0 Å².